The van der Waals surface area contributed by atoms with Crippen LogP contribution in [-0.4, -0.2) is 16.7 Å². The van der Waals surface area contributed by atoms with Gasteiger partial charge in [0.05, 0.1) is 10.5 Å². The van der Waals surface area contributed by atoms with Crippen LogP contribution >= 0.6 is 11.9 Å². The fourth-order valence-corrected chi connectivity index (χ4v) is 1.85. The van der Waals surface area contributed by atoms with Crippen LogP contribution in [0.2, 0.25) is 0 Å². The van der Waals surface area contributed by atoms with E-state index in [0.29, 0.717) is 0 Å². The van der Waals surface area contributed by atoms with Crippen LogP contribution in [0.25, 0.3) is 0 Å². The number of carbonyl (C=O) groups is 1. The first-order valence-electron chi connectivity index (χ1n) is 5.01. The third-order valence-corrected chi connectivity index (χ3v) is 3.39. The number of nitro groups is 1. The van der Waals surface area contributed by atoms with Gasteiger partial charge in [-0.3, -0.25) is 10.1 Å². The summed E-state index contributed by atoms with van der Waals surface area (Å²) in [5.41, 5.74) is 0.306. The van der Waals surface area contributed by atoms with E-state index in [0.717, 1.165) is 16.7 Å². The molecule has 0 bridgehead atoms. The molecule has 0 radical (unpaired) electrons. The monoisotopic (exact) mass is 254 g/mol. The van der Waals surface area contributed by atoms with Crippen molar-refractivity contribution in [1.29, 1.82) is 0 Å². The van der Waals surface area contributed by atoms with Gasteiger partial charge < -0.3 is 4.79 Å². The number of hydrogen-bond donors (Lipinski definition) is 1. The van der Waals surface area contributed by atoms with Crippen LogP contribution in [0.4, 0.5) is 5.69 Å². The molecule has 0 aliphatic rings. The predicted octanol–water partition coefficient (Wildman–Crippen LogP) is 2.48. The second-order valence-electron chi connectivity index (χ2n) is 4.25. The molecular formula is C11H14N2O3S. The second kappa shape index (κ2) is 5.29. The number of rotatable bonds is 5. The molecule has 1 aromatic rings. The van der Waals surface area contributed by atoms with E-state index < -0.39 is 10.5 Å². The highest BCUT2D eigenvalue weighted by Crippen LogP contribution is 2.26. The molecule has 1 N–H and O–H groups in total. The van der Waals surface area contributed by atoms with Crippen molar-refractivity contribution in [3.63, 3.8) is 0 Å². The van der Waals surface area contributed by atoms with Crippen LogP contribution in [0.3, 0.4) is 0 Å². The quantitative estimate of drug-likeness (QED) is 0.378. The molecule has 0 atom stereocenters. The summed E-state index contributed by atoms with van der Waals surface area (Å²) < 4.78 is 2.96. The lowest BCUT2D eigenvalue weighted by atomic mass is 10.1. The summed E-state index contributed by atoms with van der Waals surface area (Å²) in [6, 6.07) is 4.65. The summed E-state index contributed by atoms with van der Waals surface area (Å²) in [6.07, 6.45) is 0.798. The van der Waals surface area contributed by atoms with Crippen LogP contribution in [0.15, 0.2) is 23.1 Å². The molecule has 0 spiro atoms. The zero-order chi connectivity index (χ0) is 13.1. The number of hydrogen-bond acceptors (Lipinski definition) is 5. The highest BCUT2D eigenvalue weighted by Gasteiger charge is 2.17. The fraction of sp³-hybridized carbons (Fsp3) is 0.364. The van der Waals surface area contributed by atoms with Crippen LogP contribution in [0.1, 0.15) is 19.4 Å². The summed E-state index contributed by atoms with van der Waals surface area (Å²) >= 11 is 1.22. The Morgan fingerprint density at radius 3 is 2.65 bits per heavy atom. The molecule has 1 aromatic carbocycles. The maximum absolute atomic E-state index is 10.7. The van der Waals surface area contributed by atoms with E-state index in [2.05, 4.69) is 4.72 Å². The number of nitrogens with one attached hydrogen (secondary N) is 1. The minimum atomic E-state index is -0.665. The Kier molecular flexibility index (Phi) is 4.25. The van der Waals surface area contributed by atoms with Gasteiger partial charge in [0.15, 0.2) is 0 Å². The maximum Gasteiger partial charge on any atom is 0.270 e. The van der Waals surface area contributed by atoms with Crippen molar-refractivity contribution in [3.05, 3.63) is 33.9 Å². The van der Waals surface area contributed by atoms with E-state index in [1.54, 1.807) is 19.9 Å². The Morgan fingerprint density at radius 1 is 1.47 bits per heavy atom. The van der Waals surface area contributed by atoms with Gasteiger partial charge in [0.25, 0.3) is 5.69 Å². The molecule has 0 saturated carbocycles. The zero-order valence-electron chi connectivity index (χ0n) is 9.89. The first-order chi connectivity index (χ1) is 7.85. The van der Waals surface area contributed by atoms with Gasteiger partial charge in [-0.05, 0) is 38.3 Å². The van der Waals surface area contributed by atoms with Crippen molar-refractivity contribution < 1.29 is 9.72 Å². The fourth-order valence-electron chi connectivity index (χ4n) is 1.02. The van der Waals surface area contributed by atoms with Crippen molar-refractivity contribution in [2.24, 2.45) is 0 Å². The Hall–Kier alpha value is -1.40. The maximum atomic E-state index is 10.7. The van der Waals surface area contributed by atoms with Crippen molar-refractivity contribution in [2.75, 3.05) is 0 Å². The molecule has 6 heteroatoms. The highest BCUT2D eigenvalue weighted by molar-refractivity contribution is 7.97. The van der Waals surface area contributed by atoms with Gasteiger partial charge in [0, 0.05) is 17.0 Å². The van der Waals surface area contributed by atoms with E-state index in [-0.39, 0.29) is 5.69 Å². The van der Waals surface area contributed by atoms with Crippen molar-refractivity contribution >= 4 is 23.9 Å². The molecule has 17 heavy (non-hydrogen) atoms. The SMILES string of the molecule is Cc1ccc([N+](=O)[O-])cc1SNC(C)(C)C=O. The Labute approximate surface area is 104 Å². The molecule has 5 nitrogen and oxygen atoms in total. The highest BCUT2D eigenvalue weighted by atomic mass is 32.2. The van der Waals surface area contributed by atoms with Gasteiger partial charge in [0.1, 0.15) is 6.29 Å². The third-order valence-electron chi connectivity index (χ3n) is 2.10. The van der Waals surface area contributed by atoms with Gasteiger partial charge in [-0.25, -0.2) is 4.72 Å². The Bertz CT molecular complexity index is 446. The number of carbonyl (C=O) groups excluding carboxylic acids is 1. The van der Waals surface area contributed by atoms with E-state index in [1.807, 2.05) is 6.92 Å². The lowest BCUT2D eigenvalue weighted by Crippen LogP contribution is -2.35. The lowest BCUT2D eigenvalue weighted by Gasteiger charge is -2.18. The zero-order valence-corrected chi connectivity index (χ0v) is 10.7. The average molecular weight is 254 g/mol. The van der Waals surface area contributed by atoms with E-state index in [1.165, 1.54) is 24.1 Å². The lowest BCUT2D eigenvalue weighted by molar-refractivity contribution is -0.385. The molecular weight excluding hydrogens is 240 g/mol. The summed E-state index contributed by atoms with van der Waals surface area (Å²) in [5.74, 6) is 0. The van der Waals surface area contributed by atoms with Crippen molar-refractivity contribution in [1.82, 2.24) is 4.72 Å². The molecule has 92 valence electrons. The molecule has 0 fully saturated rings. The van der Waals surface area contributed by atoms with Gasteiger partial charge in [0.2, 0.25) is 0 Å². The van der Waals surface area contributed by atoms with Crippen LogP contribution < -0.4 is 4.72 Å². The Morgan fingerprint density at radius 2 is 2.12 bits per heavy atom. The normalized spacial score (nSPS) is 11.2. The molecule has 1 rings (SSSR count). The number of nitro benzene ring substituents is 1. The molecule has 0 amide bonds. The van der Waals surface area contributed by atoms with Crippen LogP contribution in [-0.2, 0) is 4.79 Å². The summed E-state index contributed by atoms with van der Waals surface area (Å²) in [6.45, 7) is 5.33. The molecule has 0 heterocycles. The molecule has 0 unspecified atom stereocenters. The standard InChI is InChI=1S/C11H14N2O3S/c1-8-4-5-9(13(15)16)6-10(8)17-12-11(2,3)7-14/h4-7,12H,1-3H3. The van der Waals surface area contributed by atoms with Crippen LogP contribution in [0.5, 0.6) is 0 Å². The van der Waals surface area contributed by atoms with Gasteiger partial charge in [-0.2, -0.15) is 0 Å². The van der Waals surface area contributed by atoms with E-state index in [4.69, 9.17) is 0 Å². The van der Waals surface area contributed by atoms with E-state index >= 15 is 0 Å². The summed E-state index contributed by atoms with van der Waals surface area (Å²) in [4.78, 5) is 21.7. The first-order valence-corrected chi connectivity index (χ1v) is 5.83. The first kappa shape index (κ1) is 13.7. The minimum Gasteiger partial charge on any atom is -0.301 e. The topological polar surface area (TPSA) is 72.2 Å². The van der Waals surface area contributed by atoms with Crippen molar-refractivity contribution in [3.8, 4) is 0 Å². The van der Waals surface area contributed by atoms with Gasteiger partial charge in [-0.1, -0.05) is 6.07 Å². The van der Waals surface area contributed by atoms with Gasteiger partial charge >= 0.3 is 0 Å². The van der Waals surface area contributed by atoms with Gasteiger partial charge in [-0.15, -0.1) is 0 Å². The molecule has 0 aliphatic heterocycles. The summed E-state index contributed by atoms with van der Waals surface area (Å²) in [5, 5.41) is 10.6. The van der Waals surface area contributed by atoms with Crippen LogP contribution in [0, 0.1) is 17.0 Å². The van der Waals surface area contributed by atoms with Crippen molar-refractivity contribution in [2.45, 2.75) is 31.2 Å². The number of aryl methyl sites for hydroxylation is 1. The number of non-ortho nitro benzene ring substituents is 1. The predicted molar refractivity (Wildman–Crippen MR) is 67.0 cm³/mol. The van der Waals surface area contributed by atoms with E-state index in [9.17, 15) is 14.9 Å². The Balaban J connectivity index is 2.87. The molecule has 0 saturated heterocycles. The minimum absolute atomic E-state index is 0.0452. The largest absolute Gasteiger partial charge is 0.301 e. The average Bonchev–Trinajstić information content (AvgIpc) is 2.27. The summed E-state index contributed by atoms with van der Waals surface area (Å²) in [7, 11) is 0. The smallest absolute Gasteiger partial charge is 0.270 e. The third kappa shape index (κ3) is 3.83. The molecule has 0 aromatic heterocycles. The number of benzene rings is 1. The molecule has 0 aliphatic carbocycles. The number of aldehydes is 1. The second-order valence-corrected chi connectivity index (χ2v) is 5.10. The number of nitrogens with zero attached hydrogens (tertiary/aromatic N) is 1.